The van der Waals surface area contributed by atoms with Crippen LogP contribution in [0.4, 0.5) is 0 Å². The van der Waals surface area contributed by atoms with Gasteiger partial charge >= 0.3 is 0 Å². The van der Waals surface area contributed by atoms with E-state index in [0.717, 1.165) is 6.54 Å². The quantitative estimate of drug-likeness (QED) is 0.586. The molecule has 1 saturated heterocycles. The summed E-state index contributed by atoms with van der Waals surface area (Å²) in [7, 11) is 0. The van der Waals surface area contributed by atoms with Gasteiger partial charge in [-0.05, 0) is 12.8 Å². The highest BCUT2D eigenvalue weighted by Crippen LogP contribution is 2.32. The van der Waals surface area contributed by atoms with E-state index in [2.05, 4.69) is 15.9 Å². The summed E-state index contributed by atoms with van der Waals surface area (Å²) in [5.74, 6) is 0.337. The van der Waals surface area contributed by atoms with Crippen LogP contribution in [-0.2, 0) is 4.79 Å². The van der Waals surface area contributed by atoms with Crippen LogP contribution in [0.2, 0.25) is 0 Å². The van der Waals surface area contributed by atoms with Crippen LogP contribution in [0, 0.1) is 0 Å². The number of halogens is 1. The van der Waals surface area contributed by atoms with Gasteiger partial charge in [0.15, 0.2) is 0 Å². The number of amides is 1. The van der Waals surface area contributed by atoms with Crippen molar-refractivity contribution in [3.63, 3.8) is 0 Å². The third kappa shape index (κ3) is 1.07. The first-order chi connectivity index (χ1) is 4.77. The van der Waals surface area contributed by atoms with E-state index < -0.39 is 0 Å². The van der Waals surface area contributed by atoms with E-state index in [0.29, 0.717) is 23.2 Å². The molecule has 2 fully saturated rings. The standard InChI is InChI=1S/C7H10BrNO/c8-5-3-7(10)9(4-5)6-1-2-6/h5-6H,1-4H2. The van der Waals surface area contributed by atoms with Crippen molar-refractivity contribution in [2.24, 2.45) is 0 Å². The molecule has 0 spiro atoms. The van der Waals surface area contributed by atoms with Crippen molar-refractivity contribution < 1.29 is 4.79 Å². The van der Waals surface area contributed by atoms with Crippen molar-refractivity contribution in [3.8, 4) is 0 Å². The van der Waals surface area contributed by atoms with Gasteiger partial charge in [0.2, 0.25) is 5.91 Å². The Hall–Kier alpha value is -0.0500. The van der Waals surface area contributed by atoms with Crippen LogP contribution in [0.1, 0.15) is 19.3 Å². The van der Waals surface area contributed by atoms with Gasteiger partial charge in [-0.2, -0.15) is 0 Å². The van der Waals surface area contributed by atoms with Gasteiger partial charge in [-0.3, -0.25) is 4.79 Å². The van der Waals surface area contributed by atoms with Crippen molar-refractivity contribution in [2.45, 2.75) is 30.1 Å². The molecule has 10 heavy (non-hydrogen) atoms. The molecule has 1 atom stereocenters. The molecule has 0 aromatic rings. The Morgan fingerprint density at radius 2 is 2.20 bits per heavy atom. The van der Waals surface area contributed by atoms with Crippen molar-refractivity contribution in [3.05, 3.63) is 0 Å². The van der Waals surface area contributed by atoms with E-state index in [1.807, 2.05) is 4.90 Å². The summed E-state index contributed by atoms with van der Waals surface area (Å²) in [5, 5.41) is 0. The lowest BCUT2D eigenvalue weighted by molar-refractivity contribution is -0.128. The lowest BCUT2D eigenvalue weighted by Gasteiger charge is -2.13. The predicted molar refractivity (Wildman–Crippen MR) is 42.1 cm³/mol. The third-order valence-corrected chi connectivity index (χ3v) is 2.71. The van der Waals surface area contributed by atoms with Gasteiger partial charge in [0.1, 0.15) is 0 Å². The molecule has 1 aliphatic heterocycles. The topological polar surface area (TPSA) is 20.3 Å². The summed E-state index contributed by atoms with van der Waals surface area (Å²) in [6.45, 7) is 0.934. The SMILES string of the molecule is O=C1CC(Br)CN1C1CC1. The van der Waals surface area contributed by atoms with E-state index in [4.69, 9.17) is 0 Å². The fourth-order valence-electron chi connectivity index (χ4n) is 1.43. The molecule has 1 saturated carbocycles. The number of carbonyl (C=O) groups excluding carboxylic acids is 1. The zero-order valence-corrected chi connectivity index (χ0v) is 7.30. The summed E-state index contributed by atoms with van der Waals surface area (Å²) in [4.78, 5) is 13.6. The lowest BCUT2D eigenvalue weighted by atomic mass is 10.4. The first-order valence-electron chi connectivity index (χ1n) is 3.71. The van der Waals surface area contributed by atoms with Crippen LogP contribution in [-0.4, -0.2) is 28.2 Å². The Kier molecular flexibility index (Phi) is 1.48. The zero-order valence-electron chi connectivity index (χ0n) is 5.72. The second kappa shape index (κ2) is 2.22. The number of hydrogen-bond donors (Lipinski definition) is 0. The van der Waals surface area contributed by atoms with Crippen molar-refractivity contribution >= 4 is 21.8 Å². The summed E-state index contributed by atoms with van der Waals surface area (Å²) < 4.78 is 0. The molecule has 1 unspecified atom stereocenters. The summed E-state index contributed by atoms with van der Waals surface area (Å²) >= 11 is 3.45. The van der Waals surface area contributed by atoms with E-state index in [-0.39, 0.29) is 0 Å². The van der Waals surface area contributed by atoms with Crippen LogP contribution < -0.4 is 0 Å². The Bertz CT molecular complexity index is 167. The Morgan fingerprint density at radius 1 is 1.50 bits per heavy atom. The smallest absolute Gasteiger partial charge is 0.224 e. The molecule has 1 heterocycles. The molecule has 2 nitrogen and oxygen atoms in total. The highest BCUT2D eigenvalue weighted by atomic mass is 79.9. The second-order valence-corrected chi connectivity index (χ2v) is 4.37. The number of rotatable bonds is 1. The molecule has 2 rings (SSSR count). The van der Waals surface area contributed by atoms with Gasteiger partial charge in [-0.1, -0.05) is 15.9 Å². The largest absolute Gasteiger partial charge is 0.339 e. The molecule has 0 aromatic heterocycles. The van der Waals surface area contributed by atoms with Crippen molar-refractivity contribution in [1.29, 1.82) is 0 Å². The molecule has 3 heteroatoms. The van der Waals surface area contributed by atoms with E-state index in [1.54, 1.807) is 0 Å². The molecule has 1 aliphatic carbocycles. The normalized spacial score (nSPS) is 33.5. The molecule has 1 amide bonds. The lowest BCUT2D eigenvalue weighted by Crippen LogP contribution is -2.27. The van der Waals surface area contributed by atoms with E-state index in [9.17, 15) is 4.79 Å². The monoisotopic (exact) mass is 203 g/mol. The Labute approximate surface area is 68.7 Å². The minimum Gasteiger partial charge on any atom is -0.339 e. The van der Waals surface area contributed by atoms with Gasteiger partial charge in [0, 0.05) is 23.8 Å². The Balaban J connectivity index is 2.01. The number of carbonyl (C=O) groups is 1. The highest BCUT2D eigenvalue weighted by Gasteiger charge is 2.38. The third-order valence-electron chi connectivity index (χ3n) is 2.10. The number of alkyl halides is 1. The summed E-state index contributed by atoms with van der Waals surface area (Å²) in [6, 6.07) is 0.607. The molecule has 56 valence electrons. The summed E-state index contributed by atoms with van der Waals surface area (Å²) in [5.41, 5.74) is 0. The highest BCUT2D eigenvalue weighted by molar-refractivity contribution is 9.09. The maximum Gasteiger partial charge on any atom is 0.224 e. The molecular formula is C7H10BrNO. The van der Waals surface area contributed by atoms with Crippen LogP contribution >= 0.6 is 15.9 Å². The first-order valence-corrected chi connectivity index (χ1v) is 4.62. The minimum atomic E-state index is 0.337. The molecule has 2 aliphatic rings. The molecule has 0 N–H and O–H groups in total. The van der Waals surface area contributed by atoms with Gasteiger partial charge in [0.25, 0.3) is 0 Å². The van der Waals surface area contributed by atoms with Crippen molar-refractivity contribution in [2.75, 3.05) is 6.54 Å². The molecule has 0 bridgehead atoms. The Morgan fingerprint density at radius 3 is 2.60 bits per heavy atom. The predicted octanol–water partition coefficient (Wildman–Crippen LogP) is 1.14. The van der Waals surface area contributed by atoms with Crippen LogP contribution in [0.15, 0.2) is 0 Å². The van der Waals surface area contributed by atoms with Crippen molar-refractivity contribution in [1.82, 2.24) is 4.90 Å². The van der Waals surface area contributed by atoms with Crippen LogP contribution in [0.5, 0.6) is 0 Å². The molecule has 0 aromatic carbocycles. The van der Waals surface area contributed by atoms with E-state index >= 15 is 0 Å². The number of likely N-dealkylation sites (tertiary alicyclic amines) is 1. The number of nitrogens with zero attached hydrogens (tertiary/aromatic N) is 1. The first kappa shape index (κ1) is 6.65. The summed E-state index contributed by atoms with van der Waals surface area (Å²) in [6.07, 6.45) is 3.16. The average Bonchev–Trinajstić information content (AvgIpc) is 2.61. The second-order valence-electron chi connectivity index (χ2n) is 3.08. The van der Waals surface area contributed by atoms with Gasteiger partial charge in [0.05, 0.1) is 0 Å². The fourth-order valence-corrected chi connectivity index (χ4v) is 2.01. The van der Waals surface area contributed by atoms with Crippen LogP contribution in [0.25, 0.3) is 0 Å². The zero-order chi connectivity index (χ0) is 7.14. The maximum atomic E-state index is 11.2. The van der Waals surface area contributed by atoms with E-state index in [1.165, 1.54) is 12.8 Å². The van der Waals surface area contributed by atoms with Crippen LogP contribution in [0.3, 0.4) is 0 Å². The maximum absolute atomic E-state index is 11.2. The molecular weight excluding hydrogens is 194 g/mol. The van der Waals surface area contributed by atoms with Gasteiger partial charge in [-0.15, -0.1) is 0 Å². The molecule has 0 radical (unpaired) electrons. The van der Waals surface area contributed by atoms with Gasteiger partial charge in [-0.25, -0.2) is 0 Å². The fraction of sp³-hybridized carbons (Fsp3) is 0.857. The average molecular weight is 204 g/mol. The minimum absolute atomic E-state index is 0.337. The van der Waals surface area contributed by atoms with Gasteiger partial charge < -0.3 is 4.90 Å². The number of hydrogen-bond acceptors (Lipinski definition) is 1.